The Labute approximate surface area is 145 Å². The first-order valence-electron chi connectivity index (χ1n) is 8.07. The fourth-order valence-corrected chi connectivity index (χ4v) is 3.88. The zero-order valence-electron chi connectivity index (χ0n) is 13.2. The molecule has 1 amide bonds. The van der Waals surface area contributed by atoms with Crippen molar-refractivity contribution in [3.8, 4) is 0 Å². The van der Waals surface area contributed by atoms with Gasteiger partial charge < -0.3 is 10.2 Å². The van der Waals surface area contributed by atoms with Crippen LogP contribution in [0.15, 0.2) is 72.1 Å². The van der Waals surface area contributed by atoms with Crippen LogP contribution in [0, 0.1) is 0 Å². The number of nitrogens with one attached hydrogen (secondary N) is 1. The number of carbonyl (C=O) groups is 1. The maximum absolute atomic E-state index is 13.0. The molecule has 0 bridgehead atoms. The highest BCUT2D eigenvalue weighted by Crippen LogP contribution is 2.34. The van der Waals surface area contributed by atoms with Gasteiger partial charge in [-0.15, -0.1) is 11.3 Å². The molecule has 0 saturated carbocycles. The second kappa shape index (κ2) is 6.49. The average molecular weight is 334 g/mol. The van der Waals surface area contributed by atoms with Crippen molar-refractivity contribution in [2.24, 2.45) is 0 Å². The normalized spacial score (nSPS) is 16.6. The number of carbonyl (C=O) groups excluding carboxylic acids is 1. The van der Waals surface area contributed by atoms with Gasteiger partial charge in [0.1, 0.15) is 6.17 Å². The Kier molecular flexibility index (Phi) is 4.05. The Morgan fingerprint density at radius 1 is 0.958 bits per heavy atom. The molecule has 120 valence electrons. The molecule has 3 aromatic rings. The third-order valence-corrected chi connectivity index (χ3v) is 5.24. The summed E-state index contributed by atoms with van der Waals surface area (Å²) < 4.78 is 0. The first-order chi connectivity index (χ1) is 11.8. The van der Waals surface area contributed by atoms with Crippen LogP contribution in [0.1, 0.15) is 27.0 Å². The van der Waals surface area contributed by atoms with Gasteiger partial charge in [-0.25, -0.2) is 0 Å². The van der Waals surface area contributed by atoms with Gasteiger partial charge in [-0.1, -0.05) is 48.5 Å². The van der Waals surface area contributed by atoms with E-state index in [0.29, 0.717) is 6.54 Å². The summed E-state index contributed by atoms with van der Waals surface area (Å²) in [4.78, 5) is 16.1. The summed E-state index contributed by atoms with van der Waals surface area (Å²) in [6.45, 7) is 0.687. The molecule has 1 N–H and O–H groups in total. The van der Waals surface area contributed by atoms with Crippen molar-refractivity contribution in [1.82, 2.24) is 4.90 Å². The van der Waals surface area contributed by atoms with Crippen molar-refractivity contribution in [2.45, 2.75) is 12.6 Å². The number of hydrogen-bond donors (Lipinski definition) is 1. The van der Waals surface area contributed by atoms with Crippen LogP contribution >= 0.6 is 11.3 Å². The number of fused-ring (bicyclic) bond motifs is 1. The third-order valence-electron chi connectivity index (χ3n) is 4.32. The molecule has 24 heavy (non-hydrogen) atoms. The van der Waals surface area contributed by atoms with Crippen LogP contribution in [0.25, 0.3) is 0 Å². The van der Waals surface area contributed by atoms with Crippen LogP contribution in [-0.2, 0) is 6.42 Å². The molecule has 4 heteroatoms. The second-order valence-electron chi connectivity index (χ2n) is 5.84. The highest BCUT2D eigenvalue weighted by atomic mass is 32.1. The monoisotopic (exact) mass is 334 g/mol. The first kappa shape index (κ1) is 15.0. The van der Waals surface area contributed by atoms with E-state index in [-0.39, 0.29) is 12.1 Å². The Morgan fingerprint density at radius 2 is 1.75 bits per heavy atom. The number of hydrogen-bond acceptors (Lipinski definition) is 3. The molecular formula is C20H18N2OS. The standard InChI is InChI=1S/C20H18N2OS/c23-20-16-9-4-5-10-17(16)21-19(18-11-6-14-24-18)22(20)13-12-15-7-2-1-3-8-15/h1-11,14,19,21H,12-13H2. The number of thiophene rings is 1. The molecule has 1 atom stereocenters. The smallest absolute Gasteiger partial charge is 0.257 e. The first-order valence-corrected chi connectivity index (χ1v) is 8.95. The summed E-state index contributed by atoms with van der Waals surface area (Å²) in [7, 11) is 0. The fraction of sp³-hybridized carbons (Fsp3) is 0.150. The Hall–Kier alpha value is -2.59. The van der Waals surface area contributed by atoms with Gasteiger partial charge in [0.2, 0.25) is 0 Å². The summed E-state index contributed by atoms with van der Waals surface area (Å²) in [6, 6.07) is 22.2. The zero-order valence-corrected chi connectivity index (χ0v) is 14.0. The lowest BCUT2D eigenvalue weighted by Crippen LogP contribution is -2.43. The highest BCUT2D eigenvalue weighted by molar-refractivity contribution is 7.10. The molecule has 0 saturated heterocycles. The van der Waals surface area contributed by atoms with Crippen molar-refractivity contribution in [1.29, 1.82) is 0 Å². The Balaban J connectivity index is 1.64. The van der Waals surface area contributed by atoms with Gasteiger partial charge in [0.15, 0.2) is 0 Å². The molecule has 1 aliphatic heterocycles. The molecule has 3 nitrogen and oxygen atoms in total. The van der Waals surface area contributed by atoms with Crippen molar-refractivity contribution in [3.63, 3.8) is 0 Å². The van der Waals surface area contributed by atoms with Gasteiger partial charge >= 0.3 is 0 Å². The van der Waals surface area contributed by atoms with Gasteiger partial charge in [-0.3, -0.25) is 4.79 Å². The summed E-state index contributed by atoms with van der Waals surface area (Å²) in [6.07, 6.45) is 0.745. The number of amides is 1. The lowest BCUT2D eigenvalue weighted by molar-refractivity contribution is 0.0688. The number of benzene rings is 2. The van der Waals surface area contributed by atoms with Crippen LogP contribution in [0.3, 0.4) is 0 Å². The summed E-state index contributed by atoms with van der Waals surface area (Å²) >= 11 is 1.68. The quantitative estimate of drug-likeness (QED) is 0.759. The highest BCUT2D eigenvalue weighted by Gasteiger charge is 2.32. The summed E-state index contributed by atoms with van der Waals surface area (Å²) in [5.41, 5.74) is 2.91. The second-order valence-corrected chi connectivity index (χ2v) is 6.82. The van der Waals surface area contributed by atoms with Crippen molar-refractivity contribution < 1.29 is 4.79 Å². The van der Waals surface area contributed by atoms with Crippen LogP contribution in [0.2, 0.25) is 0 Å². The van der Waals surface area contributed by atoms with E-state index in [9.17, 15) is 4.79 Å². The number of para-hydroxylation sites is 1. The predicted octanol–water partition coefficient (Wildman–Crippen LogP) is 4.56. The van der Waals surface area contributed by atoms with Gasteiger partial charge in [-0.2, -0.15) is 0 Å². The minimum absolute atomic E-state index is 0.0960. The summed E-state index contributed by atoms with van der Waals surface area (Å²) in [5, 5.41) is 5.58. The van der Waals surface area contributed by atoms with Crippen LogP contribution in [-0.4, -0.2) is 17.4 Å². The SMILES string of the molecule is O=C1c2ccccc2NC(c2cccs2)N1CCc1ccccc1. The third kappa shape index (κ3) is 2.81. The van der Waals surface area contributed by atoms with Crippen LogP contribution < -0.4 is 5.32 Å². The minimum atomic E-state index is -0.101. The molecule has 1 unspecified atom stereocenters. The molecule has 0 fully saturated rings. The van der Waals surface area contributed by atoms with E-state index in [1.165, 1.54) is 5.56 Å². The molecule has 0 radical (unpaired) electrons. The van der Waals surface area contributed by atoms with E-state index >= 15 is 0 Å². The zero-order chi connectivity index (χ0) is 16.4. The molecule has 0 aliphatic carbocycles. The largest absolute Gasteiger partial charge is 0.360 e. The van der Waals surface area contributed by atoms with Gasteiger partial charge in [-0.05, 0) is 35.6 Å². The molecule has 0 spiro atoms. The molecule has 2 heterocycles. The predicted molar refractivity (Wildman–Crippen MR) is 98.3 cm³/mol. The average Bonchev–Trinajstić information content (AvgIpc) is 3.16. The van der Waals surface area contributed by atoms with Crippen molar-refractivity contribution in [2.75, 3.05) is 11.9 Å². The molecule has 4 rings (SSSR count). The topological polar surface area (TPSA) is 32.3 Å². The van der Waals surface area contributed by atoms with E-state index in [2.05, 4.69) is 28.9 Å². The lowest BCUT2D eigenvalue weighted by atomic mass is 10.1. The maximum atomic E-state index is 13.0. The van der Waals surface area contributed by atoms with Crippen LogP contribution in [0.4, 0.5) is 5.69 Å². The van der Waals surface area contributed by atoms with Gasteiger partial charge in [0, 0.05) is 17.1 Å². The maximum Gasteiger partial charge on any atom is 0.257 e. The van der Waals surface area contributed by atoms with E-state index in [1.807, 2.05) is 53.4 Å². The van der Waals surface area contributed by atoms with Crippen molar-refractivity contribution >= 4 is 22.9 Å². The van der Waals surface area contributed by atoms with Gasteiger partial charge in [0.25, 0.3) is 5.91 Å². The fourth-order valence-electron chi connectivity index (χ4n) is 3.09. The lowest BCUT2D eigenvalue weighted by Gasteiger charge is -2.37. The Morgan fingerprint density at radius 3 is 2.54 bits per heavy atom. The number of anilines is 1. The molecule has 2 aromatic carbocycles. The molecule has 1 aromatic heterocycles. The van der Waals surface area contributed by atoms with Crippen molar-refractivity contribution in [3.05, 3.63) is 88.1 Å². The van der Waals surface area contributed by atoms with E-state index in [0.717, 1.165) is 22.5 Å². The van der Waals surface area contributed by atoms with Crippen LogP contribution in [0.5, 0.6) is 0 Å². The van der Waals surface area contributed by atoms with E-state index < -0.39 is 0 Å². The molecular weight excluding hydrogens is 316 g/mol. The van der Waals surface area contributed by atoms with Gasteiger partial charge in [0.05, 0.1) is 5.56 Å². The Bertz CT molecular complexity index is 830. The number of nitrogens with zero attached hydrogens (tertiary/aromatic N) is 1. The van der Waals surface area contributed by atoms with E-state index in [1.54, 1.807) is 11.3 Å². The number of rotatable bonds is 4. The van der Waals surface area contributed by atoms with E-state index in [4.69, 9.17) is 0 Å². The minimum Gasteiger partial charge on any atom is -0.360 e. The summed E-state index contributed by atoms with van der Waals surface area (Å²) in [5.74, 6) is 0.0960. The molecule has 1 aliphatic rings.